The van der Waals surface area contributed by atoms with Crippen LogP contribution in [-0.2, 0) is 5.54 Å². The average molecular weight is 418 g/mol. The number of phenols is 1. The summed E-state index contributed by atoms with van der Waals surface area (Å²) in [5.74, 6) is 1.47. The van der Waals surface area contributed by atoms with Gasteiger partial charge in [-0.3, -0.25) is 14.9 Å². The molecular weight excluding hydrogens is 398 g/mol. The summed E-state index contributed by atoms with van der Waals surface area (Å²) in [7, 11) is 0. The highest BCUT2D eigenvalue weighted by atomic mass is 35.5. The summed E-state index contributed by atoms with van der Waals surface area (Å²) in [4.78, 5) is 16.0. The fraction of sp³-hybridized carbons (Fsp3) is 0.174. The van der Waals surface area contributed by atoms with E-state index in [2.05, 4.69) is 11.1 Å². The molecule has 1 atom stereocenters. The van der Waals surface area contributed by atoms with Crippen molar-refractivity contribution in [1.82, 2.24) is 9.88 Å². The van der Waals surface area contributed by atoms with E-state index in [1.807, 2.05) is 41.3 Å². The number of halogens is 1. The monoisotopic (exact) mass is 417 g/mol. The van der Waals surface area contributed by atoms with Crippen LogP contribution in [0.4, 0.5) is 0 Å². The van der Waals surface area contributed by atoms with Gasteiger partial charge in [-0.25, -0.2) is 4.99 Å². The predicted octanol–water partition coefficient (Wildman–Crippen LogP) is 3.78. The first-order chi connectivity index (χ1) is 14.6. The summed E-state index contributed by atoms with van der Waals surface area (Å²) < 4.78 is 0. The van der Waals surface area contributed by atoms with E-state index in [-0.39, 0.29) is 5.75 Å². The first kappa shape index (κ1) is 18.6. The second-order valence-electron chi connectivity index (χ2n) is 7.41. The Morgan fingerprint density at radius 1 is 1.00 bits per heavy atom. The lowest BCUT2D eigenvalue weighted by Crippen LogP contribution is -2.46. The largest absolute Gasteiger partial charge is 0.508 e. The van der Waals surface area contributed by atoms with Crippen LogP contribution in [-0.4, -0.2) is 39.9 Å². The fourth-order valence-electron chi connectivity index (χ4n) is 4.17. The minimum Gasteiger partial charge on any atom is -0.508 e. The molecule has 0 saturated heterocycles. The number of nitrogens with two attached hydrogens (primary N) is 1. The molecule has 2 aliphatic heterocycles. The molecule has 0 unspecified atom stereocenters. The van der Waals surface area contributed by atoms with Gasteiger partial charge in [0.15, 0.2) is 11.5 Å². The Kier molecular flexibility index (Phi) is 4.44. The smallest absolute Gasteiger partial charge is 0.198 e. The van der Waals surface area contributed by atoms with Crippen molar-refractivity contribution in [2.75, 3.05) is 13.1 Å². The van der Waals surface area contributed by atoms with Crippen molar-refractivity contribution in [2.24, 2.45) is 15.7 Å². The second kappa shape index (κ2) is 7.15. The van der Waals surface area contributed by atoms with E-state index in [0.29, 0.717) is 11.0 Å². The molecule has 3 heterocycles. The van der Waals surface area contributed by atoms with Gasteiger partial charge in [-0.15, -0.1) is 0 Å². The molecule has 0 amide bonds. The van der Waals surface area contributed by atoms with Gasteiger partial charge < -0.3 is 10.8 Å². The van der Waals surface area contributed by atoms with Gasteiger partial charge in [0, 0.05) is 31.0 Å². The number of pyridine rings is 1. The Morgan fingerprint density at radius 2 is 1.83 bits per heavy atom. The molecule has 2 aliphatic rings. The van der Waals surface area contributed by atoms with Crippen LogP contribution in [0.2, 0.25) is 5.02 Å². The van der Waals surface area contributed by atoms with Crippen molar-refractivity contribution < 1.29 is 5.11 Å². The number of hydrogen-bond donors (Lipinski definition) is 2. The molecule has 7 heteroatoms. The van der Waals surface area contributed by atoms with E-state index in [4.69, 9.17) is 27.3 Å². The Hall–Kier alpha value is -3.38. The summed E-state index contributed by atoms with van der Waals surface area (Å²) >= 11 is 6.16. The minimum absolute atomic E-state index is 0.199. The Labute approximate surface area is 179 Å². The highest BCUT2D eigenvalue weighted by molar-refractivity contribution is 6.30. The highest BCUT2D eigenvalue weighted by Gasteiger charge is 2.49. The number of nitrogens with zero attached hydrogens (tertiary/aromatic N) is 4. The predicted molar refractivity (Wildman–Crippen MR) is 119 cm³/mol. The fourth-order valence-corrected chi connectivity index (χ4v) is 4.34. The van der Waals surface area contributed by atoms with Crippen molar-refractivity contribution in [1.29, 1.82) is 0 Å². The van der Waals surface area contributed by atoms with E-state index in [9.17, 15) is 5.11 Å². The van der Waals surface area contributed by atoms with Crippen LogP contribution in [0, 0.1) is 0 Å². The molecule has 3 aromatic rings. The lowest BCUT2D eigenvalue weighted by molar-refractivity contribution is 0.474. The SMILES string of the molecule is NC1=N[C@](c2ccc(O)cc2)(c2cccc(-c3cncc(Cl)c3)c2)C2=NCCCN12. The number of amidine groups is 1. The van der Waals surface area contributed by atoms with Gasteiger partial charge in [0.25, 0.3) is 0 Å². The van der Waals surface area contributed by atoms with E-state index in [0.717, 1.165) is 47.6 Å². The van der Waals surface area contributed by atoms with E-state index < -0.39 is 5.54 Å². The molecule has 3 N–H and O–H groups in total. The number of benzene rings is 2. The van der Waals surface area contributed by atoms with Crippen molar-refractivity contribution >= 4 is 23.4 Å². The van der Waals surface area contributed by atoms with Gasteiger partial charge in [-0.2, -0.15) is 0 Å². The van der Waals surface area contributed by atoms with Gasteiger partial charge >= 0.3 is 0 Å². The summed E-state index contributed by atoms with van der Waals surface area (Å²) in [5, 5.41) is 10.4. The highest BCUT2D eigenvalue weighted by Crippen LogP contribution is 2.42. The molecular formula is C23H20ClN5O. The second-order valence-corrected chi connectivity index (χ2v) is 7.85. The number of fused-ring (bicyclic) bond motifs is 1. The Bertz CT molecular complexity index is 1170. The number of hydrogen-bond acceptors (Lipinski definition) is 6. The average Bonchev–Trinajstić information content (AvgIpc) is 3.08. The Morgan fingerprint density at radius 3 is 2.63 bits per heavy atom. The molecule has 30 heavy (non-hydrogen) atoms. The molecule has 0 bridgehead atoms. The van der Waals surface area contributed by atoms with E-state index in [1.54, 1.807) is 24.5 Å². The van der Waals surface area contributed by atoms with E-state index in [1.165, 1.54) is 0 Å². The lowest BCUT2D eigenvalue weighted by atomic mass is 9.81. The number of phenolic OH excluding ortho intramolecular Hbond substituents is 1. The van der Waals surface area contributed by atoms with Crippen LogP contribution in [0.5, 0.6) is 5.75 Å². The van der Waals surface area contributed by atoms with Crippen molar-refractivity contribution in [3.63, 3.8) is 0 Å². The number of aliphatic imine (C=N–C) groups is 2. The number of aromatic hydroxyl groups is 1. The van der Waals surface area contributed by atoms with Gasteiger partial charge in [0.05, 0.1) is 5.02 Å². The topological polar surface area (TPSA) is 87.1 Å². The molecule has 5 rings (SSSR count). The lowest BCUT2D eigenvalue weighted by Gasteiger charge is -2.33. The van der Waals surface area contributed by atoms with Gasteiger partial charge in [0.2, 0.25) is 0 Å². The van der Waals surface area contributed by atoms with Crippen molar-refractivity contribution in [2.45, 2.75) is 12.0 Å². The van der Waals surface area contributed by atoms with Gasteiger partial charge in [-0.1, -0.05) is 41.9 Å². The van der Waals surface area contributed by atoms with Crippen LogP contribution in [0.1, 0.15) is 17.5 Å². The third kappa shape index (κ3) is 2.92. The van der Waals surface area contributed by atoms with Crippen LogP contribution < -0.4 is 5.73 Å². The molecule has 0 radical (unpaired) electrons. The third-order valence-electron chi connectivity index (χ3n) is 5.54. The maximum atomic E-state index is 9.84. The van der Waals surface area contributed by atoms with Crippen LogP contribution in [0.15, 0.2) is 77.0 Å². The maximum Gasteiger partial charge on any atom is 0.198 e. The van der Waals surface area contributed by atoms with Crippen LogP contribution in [0.3, 0.4) is 0 Å². The molecule has 0 spiro atoms. The molecule has 6 nitrogen and oxygen atoms in total. The summed E-state index contributed by atoms with van der Waals surface area (Å²) in [6.07, 6.45) is 4.33. The zero-order valence-electron chi connectivity index (χ0n) is 16.2. The summed E-state index contributed by atoms with van der Waals surface area (Å²) in [6, 6.07) is 17.1. The molecule has 150 valence electrons. The molecule has 1 aromatic heterocycles. The quantitative estimate of drug-likeness (QED) is 0.678. The molecule has 0 fully saturated rings. The first-order valence-electron chi connectivity index (χ1n) is 9.77. The Balaban J connectivity index is 1.74. The van der Waals surface area contributed by atoms with E-state index >= 15 is 0 Å². The van der Waals surface area contributed by atoms with Gasteiger partial charge in [0.1, 0.15) is 11.6 Å². The maximum absolute atomic E-state index is 9.84. The standard InChI is InChI=1S/C23H20ClN5O/c24-19-12-16(13-26-14-19)15-3-1-4-18(11-15)23(17-5-7-20(30)8-6-17)21-27-9-2-10-29(21)22(25)28-23/h1,3-8,11-14,30H,2,9-10H2,(H2,25,28)/t23-/m1/s1. The summed E-state index contributed by atoms with van der Waals surface area (Å²) in [5.41, 5.74) is 9.21. The van der Waals surface area contributed by atoms with Crippen LogP contribution >= 0.6 is 11.6 Å². The zero-order valence-corrected chi connectivity index (χ0v) is 16.9. The van der Waals surface area contributed by atoms with Crippen molar-refractivity contribution in [3.05, 3.63) is 83.1 Å². The number of aromatic nitrogens is 1. The zero-order chi connectivity index (χ0) is 20.7. The molecule has 2 aromatic carbocycles. The normalized spacial score (nSPS) is 20.5. The molecule has 0 saturated carbocycles. The number of rotatable bonds is 3. The van der Waals surface area contributed by atoms with Crippen molar-refractivity contribution in [3.8, 4) is 16.9 Å². The van der Waals surface area contributed by atoms with Gasteiger partial charge in [-0.05, 0) is 47.4 Å². The minimum atomic E-state index is -0.875. The molecule has 0 aliphatic carbocycles. The number of guanidine groups is 1. The third-order valence-corrected chi connectivity index (χ3v) is 5.75. The summed E-state index contributed by atoms with van der Waals surface area (Å²) in [6.45, 7) is 1.51. The van der Waals surface area contributed by atoms with Crippen LogP contribution in [0.25, 0.3) is 11.1 Å². The first-order valence-corrected chi connectivity index (χ1v) is 10.1.